The number of amides is 1. The molecule has 8 heteroatoms. The minimum atomic E-state index is -0.505. The van der Waals surface area contributed by atoms with Crippen LogP contribution in [0.3, 0.4) is 0 Å². The molecule has 0 radical (unpaired) electrons. The number of halogens is 1. The molecule has 0 aliphatic rings. The zero-order valence-electron chi connectivity index (χ0n) is 20.3. The Kier molecular flexibility index (Phi) is 11.2. The fraction of sp³-hybridized carbons (Fsp3) is 0.385. The van der Waals surface area contributed by atoms with Crippen LogP contribution in [0.2, 0.25) is 0 Å². The van der Waals surface area contributed by atoms with Crippen LogP contribution in [0.15, 0.2) is 48.0 Å². The molecule has 2 N–H and O–H groups in total. The predicted molar refractivity (Wildman–Crippen MR) is 136 cm³/mol. The first kappa shape index (κ1) is 27.0. The van der Waals surface area contributed by atoms with Crippen molar-refractivity contribution in [1.29, 1.82) is 0 Å². The van der Waals surface area contributed by atoms with Gasteiger partial charge in [0.15, 0.2) is 0 Å². The Hall–Kier alpha value is -3.23. The monoisotopic (exact) mass is 471 g/mol. The Bertz CT molecular complexity index is 975. The summed E-state index contributed by atoms with van der Waals surface area (Å²) in [6.07, 6.45) is 2.49. The molecule has 0 aromatic heterocycles. The number of carbonyl (C=O) groups excluding carboxylic acids is 1. The summed E-state index contributed by atoms with van der Waals surface area (Å²) in [7, 11) is 1.57. The van der Waals surface area contributed by atoms with Gasteiger partial charge in [-0.1, -0.05) is 20.4 Å². The van der Waals surface area contributed by atoms with Crippen molar-refractivity contribution >= 4 is 34.9 Å². The molecule has 0 spiro atoms. The van der Waals surface area contributed by atoms with Gasteiger partial charge < -0.3 is 24.8 Å². The molecule has 2 aromatic carbocycles. The summed E-state index contributed by atoms with van der Waals surface area (Å²) < 4.78 is 30.8. The van der Waals surface area contributed by atoms with E-state index in [1.54, 1.807) is 50.6 Å². The van der Waals surface area contributed by atoms with Crippen molar-refractivity contribution < 1.29 is 23.4 Å². The second kappa shape index (κ2) is 14.1. The molecule has 0 unspecified atom stereocenters. The van der Waals surface area contributed by atoms with Gasteiger partial charge in [-0.05, 0) is 43.5 Å². The third kappa shape index (κ3) is 8.96. The van der Waals surface area contributed by atoms with Gasteiger partial charge in [-0.25, -0.2) is 4.39 Å². The fourth-order valence-corrected chi connectivity index (χ4v) is 2.99. The van der Waals surface area contributed by atoms with E-state index in [2.05, 4.69) is 36.1 Å². The number of hydrogen-bond acceptors (Lipinski definition) is 6. The van der Waals surface area contributed by atoms with E-state index >= 15 is 0 Å². The molecule has 0 bridgehead atoms. The molecule has 0 heterocycles. The van der Waals surface area contributed by atoms with Crippen LogP contribution >= 0.6 is 0 Å². The molecule has 0 saturated heterocycles. The van der Waals surface area contributed by atoms with Crippen LogP contribution in [-0.4, -0.2) is 45.7 Å². The van der Waals surface area contributed by atoms with Crippen molar-refractivity contribution in [1.82, 2.24) is 0 Å². The van der Waals surface area contributed by atoms with Gasteiger partial charge in [-0.15, -0.1) is 0 Å². The summed E-state index contributed by atoms with van der Waals surface area (Å²) in [5.41, 5.74) is 2.30. The Balaban J connectivity index is 2.01. The third-order valence-corrected chi connectivity index (χ3v) is 4.71. The Morgan fingerprint density at radius 1 is 1.12 bits per heavy atom. The second-order valence-electron chi connectivity index (χ2n) is 7.99. The highest BCUT2D eigenvalue weighted by atomic mass is 19.1. The zero-order chi connectivity index (χ0) is 24.9. The van der Waals surface area contributed by atoms with Crippen LogP contribution in [0.5, 0.6) is 5.75 Å². The molecule has 0 aliphatic heterocycles. The minimum Gasteiger partial charge on any atom is -0.491 e. The number of anilines is 2. The lowest BCUT2D eigenvalue weighted by Gasteiger charge is -2.15. The van der Waals surface area contributed by atoms with Crippen molar-refractivity contribution in [2.75, 3.05) is 44.2 Å². The second-order valence-corrected chi connectivity index (χ2v) is 7.99. The molecule has 184 valence electrons. The van der Waals surface area contributed by atoms with E-state index in [0.717, 1.165) is 6.42 Å². The van der Waals surface area contributed by atoms with Crippen LogP contribution in [0.25, 0.3) is 5.70 Å². The first-order chi connectivity index (χ1) is 16.3. The largest absolute Gasteiger partial charge is 0.491 e. The number of methoxy groups -OCH3 is 1. The highest BCUT2D eigenvalue weighted by Crippen LogP contribution is 2.33. The molecule has 2 aromatic rings. The normalized spacial score (nSPS) is 11.1. The van der Waals surface area contributed by atoms with Crippen molar-refractivity contribution in [3.63, 3.8) is 0 Å². The average Bonchev–Trinajstić information content (AvgIpc) is 2.78. The number of aliphatic imine (C=N–C) groups is 1. The quantitative estimate of drug-likeness (QED) is 0.275. The van der Waals surface area contributed by atoms with Crippen LogP contribution in [-0.2, 0) is 14.3 Å². The van der Waals surface area contributed by atoms with E-state index in [-0.39, 0.29) is 18.1 Å². The van der Waals surface area contributed by atoms with Gasteiger partial charge in [0.1, 0.15) is 24.8 Å². The maximum atomic E-state index is 14.9. The molecule has 0 fully saturated rings. The summed E-state index contributed by atoms with van der Waals surface area (Å²) >= 11 is 0. The number of nitrogens with one attached hydrogen (secondary N) is 2. The van der Waals surface area contributed by atoms with Gasteiger partial charge in [0, 0.05) is 49.1 Å². The van der Waals surface area contributed by atoms with E-state index in [1.165, 1.54) is 6.07 Å². The summed E-state index contributed by atoms with van der Waals surface area (Å²) in [6, 6.07) is 9.98. The van der Waals surface area contributed by atoms with Crippen LogP contribution in [0, 0.1) is 11.7 Å². The van der Waals surface area contributed by atoms with E-state index < -0.39 is 5.82 Å². The third-order valence-electron chi connectivity index (χ3n) is 4.71. The summed E-state index contributed by atoms with van der Waals surface area (Å²) in [5.74, 6) is 0.170. The number of benzene rings is 2. The van der Waals surface area contributed by atoms with Crippen molar-refractivity contribution in [3.8, 4) is 5.75 Å². The molecule has 2 rings (SSSR count). The summed E-state index contributed by atoms with van der Waals surface area (Å²) in [5, 5.41) is 5.88. The van der Waals surface area contributed by atoms with Crippen LogP contribution < -0.4 is 15.4 Å². The Morgan fingerprint density at radius 2 is 1.79 bits per heavy atom. The zero-order valence-corrected chi connectivity index (χ0v) is 20.3. The van der Waals surface area contributed by atoms with E-state index in [4.69, 9.17) is 14.2 Å². The lowest BCUT2D eigenvalue weighted by molar-refractivity contribution is -0.120. The van der Waals surface area contributed by atoms with Gasteiger partial charge in [0.2, 0.25) is 5.91 Å². The number of carbonyl (C=O) groups is 1. The van der Waals surface area contributed by atoms with E-state index in [9.17, 15) is 9.18 Å². The first-order valence-corrected chi connectivity index (χ1v) is 11.2. The number of ether oxygens (including phenoxy) is 3. The van der Waals surface area contributed by atoms with Crippen molar-refractivity contribution in [2.45, 2.75) is 27.2 Å². The van der Waals surface area contributed by atoms with Gasteiger partial charge >= 0.3 is 0 Å². The summed E-state index contributed by atoms with van der Waals surface area (Å²) in [4.78, 5) is 16.3. The van der Waals surface area contributed by atoms with Gasteiger partial charge in [0.25, 0.3) is 0 Å². The number of rotatable bonds is 14. The fourth-order valence-electron chi connectivity index (χ4n) is 2.99. The lowest BCUT2D eigenvalue weighted by Crippen LogP contribution is -2.19. The molecule has 0 atom stereocenters. The molecule has 34 heavy (non-hydrogen) atoms. The summed E-state index contributed by atoms with van der Waals surface area (Å²) in [6.45, 7) is 11.2. The van der Waals surface area contributed by atoms with E-state index in [1.807, 2.05) is 0 Å². The van der Waals surface area contributed by atoms with Crippen LogP contribution in [0.4, 0.5) is 21.5 Å². The molecule has 0 saturated carbocycles. The van der Waals surface area contributed by atoms with Gasteiger partial charge in [-0.2, -0.15) is 0 Å². The van der Waals surface area contributed by atoms with Crippen molar-refractivity contribution in [2.24, 2.45) is 10.9 Å². The Morgan fingerprint density at radius 3 is 2.41 bits per heavy atom. The average molecular weight is 472 g/mol. The molecular formula is C26H34FN3O4. The molecule has 7 nitrogen and oxygen atoms in total. The topological polar surface area (TPSA) is 81.2 Å². The predicted octanol–water partition coefficient (Wildman–Crippen LogP) is 5.66. The molecule has 1 amide bonds. The highest BCUT2D eigenvalue weighted by Gasteiger charge is 2.15. The minimum absolute atomic E-state index is 0.00864. The van der Waals surface area contributed by atoms with Crippen LogP contribution in [0.1, 0.15) is 32.8 Å². The van der Waals surface area contributed by atoms with Gasteiger partial charge in [0.05, 0.1) is 17.9 Å². The Labute approximate surface area is 201 Å². The SMILES string of the molecule is C=C(Nc1ccc(NC(=O)COCCC(C)C)cc1)c1c(F)cc(OCCOC)cc1N=CC. The highest BCUT2D eigenvalue weighted by molar-refractivity contribution is 5.92. The molecular weight excluding hydrogens is 437 g/mol. The maximum Gasteiger partial charge on any atom is 0.250 e. The smallest absolute Gasteiger partial charge is 0.250 e. The maximum absolute atomic E-state index is 14.9. The van der Waals surface area contributed by atoms with E-state index in [0.29, 0.717) is 54.2 Å². The van der Waals surface area contributed by atoms with Gasteiger partial charge in [-0.3, -0.25) is 9.79 Å². The standard InChI is InChI=1S/C26H34FN3O4/c1-6-28-24-16-22(34-14-13-32-5)15-23(27)26(24)19(4)29-20-7-9-21(10-8-20)30-25(31)17-33-12-11-18(2)3/h6-10,15-16,18,29H,4,11-14,17H2,1-3,5H3,(H,30,31). The van der Waals surface area contributed by atoms with Crippen molar-refractivity contribution in [3.05, 3.63) is 54.4 Å². The molecule has 0 aliphatic carbocycles. The lowest BCUT2D eigenvalue weighted by atomic mass is 10.1. The number of hydrogen-bond donors (Lipinski definition) is 2. The first-order valence-electron chi connectivity index (χ1n) is 11.2. The number of nitrogens with zero attached hydrogens (tertiary/aromatic N) is 1.